The van der Waals surface area contributed by atoms with Gasteiger partial charge in [-0.3, -0.25) is 9.78 Å². The molecule has 0 spiro atoms. The number of thioether (sulfide) groups is 1. The van der Waals surface area contributed by atoms with Gasteiger partial charge in [-0.25, -0.2) is 4.98 Å². The fourth-order valence-corrected chi connectivity index (χ4v) is 3.21. The summed E-state index contributed by atoms with van der Waals surface area (Å²) in [4.78, 5) is 32.8. The minimum Gasteiger partial charge on any atom is -0.309 e. The van der Waals surface area contributed by atoms with E-state index in [4.69, 9.17) is 0 Å². The van der Waals surface area contributed by atoms with Gasteiger partial charge in [-0.1, -0.05) is 37.3 Å². The third-order valence-electron chi connectivity index (χ3n) is 3.80. The van der Waals surface area contributed by atoms with Crippen molar-refractivity contribution in [2.75, 3.05) is 11.1 Å². The highest BCUT2D eigenvalue weighted by Crippen LogP contribution is 2.28. The van der Waals surface area contributed by atoms with Gasteiger partial charge in [0, 0.05) is 10.5 Å². The van der Waals surface area contributed by atoms with E-state index in [0.29, 0.717) is 22.8 Å². The summed E-state index contributed by atoms with van der Waals surface area (Å²) in [6.07, 6.45) is 3.24. The fraction of sp³-hybridized carbons (Fsp3) is 0.150. The number of amides is 1. The lowest BCUT2D eigenvalue weighted by Gasteiger charge is -2.07. The SMILES string of the molecule is CCSc1ccc(CC(=O)Nc2cnc(-c3ccccc3N=O)cn2)cc1. The van der Waals surface area contributed by atoms with Gasteiger partial charge in [-0.15, -0.1) is 16.7 Å². The predicted molar refractivity (Wildman–Crippen MR) is 108 cm³/mol. The third kappa shape index (κ3) is 4.98. The molecule has 3 aromatic rings. The molecule has 0 aliphatic carbocycles. The molecule has 0 bridgehead atoms. The topological polar surface area (TPSA) is 84.3 Å². The number of nitroso groups, excluding NO2 is 1. The highest BCUT2D eigenvalue weighted by molar-refractivity contribution is 7.99. The minimum atomic E-state index is -0.164. The minimum absolute atomic E-state index is 0.164. The Kier molecular flexibility index (Phi) is 6.27. The maximum Gasteiger partial charge on any atom is 0.229 e. The normalized spacial score (nSPS) is 10.4. The molecule has 7 heteroatoms. The lowest BCUT2D eigenvalue weighted by molar-refractivity contribution is -0.115. The number of hydrogen-bond acceptors (Lipinski definition) is 6. The van der Waals surface area contributed by atoms with E-state index in [1.165, 1.54) is 17.3 Å². The molecular weight excluding hydrogens is 360 g/mol. The molecule has 1 N–H and O–H groups in total. The fourth-order valence-electron chi connectivity index (χ4n) is 2.54. The van der Waals surface area contributed by atoms with Crippen molar-refractivity contribution in [3.05, 3.63) is 71.4 Å². The maximum absolute atomic E-state index is 12.2. The summed E-state index contributed by atoms with van der Waals surface area (Å²) in [6, 6.07) is 14.8. The smallest absolute Gasteiger partial charge is 0.229 e. The Bertz CT molecular complexity index is 927. The van der Waals surface area contributed by atoms with E-state index < -0.39 is 0 Å². The standard InChI is InChI=1S/C20H18N4O2S/c1-2-27-15-9-7-14(8-10-15)11-20(25)23-19-13-21-18(12-22-19)16-5-3-4-6-17(16)24-26/h3-10,12-13H,2,11H2,1H3,(H,22,23,25). The van der Waals surface area contributed by atoms with Gasteiger partial charge in [-0.05, 0) is 34.7 Å². The molecule has 0 aliphatic rings. The Morgan fingerprint density at radius 2 is 1.85 bits per heavy atom. The Labute approximate surface area is 161 Å². The summed E-state index contributed by atoms with van der Waals surface area (Å²) in [5.41, 5.74) is 2.35. The van der Waals surface area contributed by atoms with E-state index in [-0.39, 0.29) is 12.3 Å². The first kappa shape index (κ1) is 18.7. The number of aromatic nitrogens is 2. The molecule has 0 unspecified atom stereocenters. The van der Waals surface area contributed by atoms with Gasteiger partial charge < -0.3 is 5.32 Å². The van der Waals surface area contributed by atoms with E-state index in [2.05, 4.69) is 27.4 Å². The van der Waals surface area contributed by atoms with Crippen LogP contribution in [0.15, 0.2) is 71.0 Å². The van der Waals surface area contributed by atoms with E-state index in [0.717, 1.165) is 11.3 Å². The second-order valence-electron chi connectivity index (χ2n) is 5.70. The lowest BCUT2D eigenvalue weighted by atomic mass is 10.1. The van der Waals surface area contributed by atoms with E-state index in [1.807, 2.05) is 24.3 Å². The van der Waals surface area contributed by atoms with Gasteiger partial charge in [-0.2, -0.15) is 0 Å². The van der Waals surface area contributed by atoms with E-state index >= 15 is 0 Å². The molecule has 0 atom stereocenters. The van der Waals surface area contributed by atoms with Crippen LogP contribution in [-0.4, -0.2) is 21.6 Å². The van der Waals surface area contributed by atoms with Crippen LogP contribution in [0.25, 0.3) is 11.3 Å². The van der Waals surface area contributed by atoms with Gasteiger partial charge in [0.15, 0.2) is 5.82 Å². The number of benzene rings is 2. The van der Waals surface area contributed by atoms with Crippen molar-refractivity contribution in [1.82, 2.24) is 9.97 Å². The van der Waals surface area contributed by atoms with Crippen LogP contribution < -0.4 is 5.32 Å². The van der Waals surface area contributed by atoms with Crippen molar-refractivity contribution in [1.29, 1.82) is 0 Å². The molecular formula is C20H18N4O2S. The molecule has 1 heterocycles. The van der Waals surface area contributed by atoms with Crippen LogP contribution >= 0.6 is 11.8 Å². The summed E-state index contributed by atoms with van der Waals surface area (Å²) < 4.78 is 0. The lowest BCUT2D eigenvalue weighted by Crippen LogP contribution is -2.15. The molecule has 0 saturated heterocycles. The van der Waals surface area contributed by atoms with Crippen LogP contribution in [0.1, 0.15) is 12.5 Å². The summed E-state index contributed by atoms with van der Waals surface area (Å²) in [5.74, 6) is 1.21. The Balaban J connectivity index is 1.64. The van der Waals surface area contributed by atoms with Crippen LogP contribution in [0.2, 0.25) is 0 Å². The van der Waals surface area contributed by atoms with E-state index in [9.17, 15) is 9.70 Å². The molecule has 0 fully saturated rings. The monoisotopic (exact) mass is 378 g/mol. The first-order valence-corrected chi connectivity index (χ1v) is 9.44. The van der Waals surface area contributed by atoms with Crippen molar-refractivity contribution in [3.8, 4) is 11.3 Å². The van der Waals surface area contributed by atoms with Crippen molar-refractivity contribution in [2.45, 2.75) is 18.2 Å². The Morgan fingerprint density at radius 3 is 2.52 bits per heavy atom. The zero-order chi connectivity index (χ0) is 19.1. The average molecular weight is 378 g/mol. The van der Waals surface area contributed by atoms with Crippen molar-refractivity contribution >= 4 is 29.2 Å². The molecule has 136 valence electrons. The number of carbonyl (C=O) groups excluding carboxylic acids is 1. The third-order valence-corrected chi connectivity index (χ3v) is 4.69. The number of carbonyl (C=O) groups is 1. The van der Waals surface area contributed by atoms with Gasteiger partial charge in [0.05, 0.1) is 24.5 Å². The van der Waals surface area contributed by atoms with E-state index in [1.54, 1.807) is 36.0 Å². The Hall–Kier alpha value is -3.06. The van der Waals surface area contributed by atoms with Crippen LogP contribution in [0.3, 0.4) is 0 Å². The van der Waals surface area contributed by atoms with Crippen molar-refractivity contribution in [3.63, 3.8) is 0 Å². The average Bonchev–Trinajstić information content (AvgIpc) is 2.70. The maximum atomic E-state index is 12.2. The van der Waals surface area contributed by atoms with Crippen LogP contribution in [0.5, 0.6) is 0 Å². The van der Waals surface area contributed by atoms with Gasteiger partial charge in [0.1, 0.15) is 5.69 Å². The number of nitrogens with one attached hydrogen (secondary N) is 1. The van der Waals surface area contributed by atoms with Crippen LogP contribution in [-0.2, 0) is 11.2 Å². The number of anilines is 1. The largest absolute Gasteiger partial charge is 0.309 e. The van der Waals surface area contributed by atoms with Gasteiger partial charge in [0.25, 0.3) is 0 Å². The molecule has 0 radical (unpaired) electrons. The summed E-state index contributed by atoms with van der Waals surface area (Å²) in [5, 5.41) is 5.73. The molecule has 3 rings (SSSR count). The molecule has 1 amide bonds. The Morgan fingerprint density at radius 1 is 1.07 bits per heavy atom. The predicted octanol–water partition coefficient (Wildman–Crippen LogP) is 4.83. The zero-order valence-electron chi connectivity index (χ0n) is 14.8. The highest BCUT2D eigenvalue weighted by atomic mass is 32.2. The van der Waals surface area contributed by atoms with Crippen LogP contribution in [0.4, 0.5) is 11.5 Å². The summed E-state index contributed by atoms with van der Waals surface area (Å²) >= 11 is 1.76. The molecule has 0 saturated carbocycles. The highest BCUT2D eigenvalue weighted by Gasteiger charge is 2.09. The number of hydrogen-bond donors (Lipinski definition) is 1. The quantitative estimate of drug-likeness (QED) is 0.470. The zero-order valence-corrected chi connectivity index (χ0v) is 15.6. The molecule has 6 nitrogen and oxygen atoms in total. The number of rotatable bonds is 7. The number of nitrogens with zero attached hydrogens (tertiary/aromatic N) is 3. The second-order valence-corrected chi connectivity index (χ2v) is 7.03. The second kappa shape index (κ2) is 9.05. The van der Waals surface area contributed by atoms with Crippen LogP contribution in [0, 0.1) is 4.91 Å². The molecule has 27 heavy (non-hydrogen) atoms. The molecule has 1 aromatic heterocycles. The first-order valence-electron chi connectivity index (χ1n) is 8.46. The molecule has 2 aromatic carbocycles. The van der Waals surface area contributed by atoms with Crippen molar-refractivity contribution < 1.29 is 4.79 Å². The summed E-state index contributed by atoms with van der Waals surface area (Å²) in [7, 11) is 0. The summed E-state index contributed by atoms with van der Waals surface area (Å²) in [6.45, 7) is 2.10. The first-order chi connectivity index (χ1) is 13.2. The molecule has 0 aliphatic heterocycles. The van der Waals surface area contributed by atoms with Gasteiger partial charge >= 0.3 is 0 Å². The van der Waals surface area contributed by atoms with Crippen molar-refractivity contribution in [2.24, 2.45) is 5.18 Å². The van der Waals surface area contributed by atoms with Gasteiger partial charge in [0.2, 0.25) is 5.91 Å².